The summed E-state index contributed by atoms with van der Waals surface area (Å²) in [6, 6.07) is 2.99. The molecule has 0 bridgehead atoms. The Balaban J connectivity index is 2.80. The molecule has 0 aliphatic rings. The van der Waals surface area contributed by atoms with E-state index in [2.05, 4.69) is 24.1 Å². The molecule has 1 aromatic carbocycles. The molecule has 7 heteroatoms. The van der Waals surface area contributed by atoms with Gasteiger partial charge in [0.2, 0.25) is 0 Å². The maximum Gasteiger partial charge on any atom is 0.255 e. The predicted molar refractivity (Wildman–Crippen MR) is 83.5 cm³/mol. The molecule has 21 heavy (non-hydrogen) atoms. The lowest BCUT2D eigenvalue weighted by Gasteiger charge is -2.18. The molecule has 3 N–H and O–H groups in total. The van der Waals surface area contributed by atoms with Gasteiger partial charge in [-0.1, -0.05) is 25.4 Å². The van der Waals surface area contributed by atoms with E-state index in [9.17, 15) is 4.79 Å². The number of carbonyl (C=O) groups excluding carboxylic acids is 1. The normalized spacial score (nSPS) is 10.6. The Kier molecular flexibility index (Phi) is 7.28. The largest absolute Gasteiger partial charge is 0.494 e. The lowest BCUT2D eigenvalue weighted by molar-refractivity contribution is 0.0946. The molecule has 0 saturated heterocycles. The first-order chi connectivity index (χ1) is 10.1. The number of nitrogens with one attached hydrogen (secondary N) is 2. The highest BCUT2D eigenvalue weighted by molar-refractivity contribution is 6.31. The van der Waals surface area contributed by atoms with Crippen molar-refractivity contribution in [3.63, 3.8) is 0 Å². The molecule has 0 fully saturated rings. The number of hydrogen-bond acceptors (Lipinski definition) is 5. The van der Waals surface area contributed by atoms with Crippen LogP contribution in [-0.4, -0.2) is 49.3 Å². The first-order valence-electron chi connectivity index (χ1n) is 6.85. The second-order valence-corrected chi connectivity index (χ2v) is 4.87. The quantitative estimate of drug-likeness (QED) is 0.641. The number of carbonyl (C=O) groups is 1. The van der Waals surface area contributed by atoms with Crippen LogP contribution in [0.4, 0.5) is 5.69 Å². The van der Waals surface area contributed by atoms with Crippen molar-refractivity contribution in [1.29, 1.82) is 0 Å². The number of benzene rings is 1. The fourth-order valence-electron chi connectivity index (χ4n) is 2.03. The standard InChI is InChI=1S/C14H22ClN3O3/c1-4-18(5-2)7-6-16-14(19)11-8-10(15)9-12(17-20)13(11)21-3/h8-9,17,20H,4-7H2,1-3H3,(H,16,19). The van der Waals surface area contributed by atoms with Crippen LogP contribution >= 0.6 is 11.6 Å². The minimum Gasteiger partial charge on any atom is -0.494 e. The number of ether oxygens (including phenoxy) is 1. The highest BCUT2D eigenvalue weighted by Gasteiger charge is 2.17. The number of nitrogens with zero attached hydrogens (tertiary/aromatic N) is 1. The lowest BCUT2D eigenvalue weighted by atomic mass is 10.1. The predicted octanol–water partition coefficient (Wildman–Crippen LogP) is 2.22. The molecule has 0 spiro atoms. The van der Waals surface area contributed by atoms with E-state index in [1.54, 1.807) is 0 Å². The Morgan fingerprint density at radius 2 is 2.05 bits per heavy atom. The van der Waals surface area contributed by atoms with Gasteiger partial charge in [-0.15, -0.1) is 0 Å². The topological polar surface area (TPSA) is 73.8 Å². The summed E-state index contributed by atoms with van der Waals surface area (Å²) < 4.78 is 5.16. The van der Waals surface area contributed by atoms with E-state index < -0.39 is 0 Å². The van der Waals surface area contributed by atoms with Crippen LogP contribution in [0.1, 0.15) is 24.2 Å². The molecule has 118 valence electrons. The molecular weight excluding hydrogens is 294 g/mol. The molecule has 0 aliphatic carbocycles. The van der Waals surface area contributed by atoms with Gasteiger partial charge in [-0.25, -0.2) is 0 Å². The number of amides is 1. The van der Waals surface area contributed by atoms with Crippen LogP contribution in [0.2, 0.25) is 5.02 Å². The van der Waals surface area contributed by atoms with Crippen LogP contribution < -0.4 is 15.5 Å². The molecule has 0 radical (unpaired) electrons. The van der Waals surface area contributed by atoms with Gasteiger partial charge in [-0.3, -0.25) is 15.5 Å². The molecule has 0 aliphatic heterocycles. The van der Waals surface area contributed by atoms with E-state index in [1.807, 2.05) is 5.48 Å². The smallest absolute Gasteiger partial charge is 0.255 e. The van der Waals surface area contributed by atoms with Gasteiger partial charge in [0.15, 0.2) is 5.75 Å². The van der Waals surface area contributed by atoms with Crippen LogP contribution in [0.5, 0.6) is 5.75 Å². The maximum atomic E-state index is 12.2. The van der Waals surface area contributed by atoms with Crippen molar-refractivity contribution in [2.45, 2.75) is 13.8 Å². The van der Waals surface area contributed by atoms with Crippen molar-refractivity contribution in [1.82, 2.24) is 10.2 Å². The van der Waals surface area contributed by atoms with Gasteiger partial charge in [0.05, 0.1) is 12.7 Å². The first kappa shape index (κ1) is 17.6. The van der Waals surface area contributed by atoms with Gasteiger partial charge in [0.25, 0.3) is 5.91 Å². The van der Waals surface area contributed by atoms with Gasteiger partial charge in [0.1, 0.15) is 5.69 Å². The minimum atomic E-state index is -0.294. The van der Waals surface area contributed by atoms with Crippen LogP contribution in [0, 0.1) is 0 Å². The third kappa shape index (κ3) is 4.77. The summed E-state index contributed by atoms with van der Waals surface area (Å²) in [6.07, 6.45) is 0. The molecule has 1 rings (SSSR count). The number of anilines is 1. The van der Waals surface area contributed by atoms with E-state index in [1.165, 1.54) is 19.2 Å². The molecule has 0 heterocycles. The zero-order valence-electron chi connectivity index (χ0n) is 12.6. The zero-order chi connectivity index (χ0) is 15.8. The van der Waals surface area contributed by atoms with Gasteiger partial charge in [-0.05, 0) is 25.2 Å². The monoisotopic (exact) mass is 315 g/mol. The highest BCUT2D eigenvalue weighted by Crippen LogP contribution is 2.32. The van der Waals surface area contributed by atoms with E-state index in [-0.39, 0.29) is 22.9 Å². The third-order valence-electron chi connectivity index (χ3n) is 3.23. The summed E-state index contributed by atoms with van der Waals surface area (Å²) in [5.41, 5.74) is 2.51. The van der Waals surface area contributed by atoms with E-state index >= 15 is 0 Å². The number of methoxy groups -OCH3 is 1. The van der Waals surface area contributed by atoms with Crippen molar-refractivity contribution >= 4 is 23.2 Å². The summed E-state index contributed by atoms with van der Waals surface area (Å²) in [4.78, 5) is 14.4. The fourth-order valence-corrected chi connectivity index (χ4v) is 2.25. The Hall–Kier alpha value is -1.50. The van der Waals surface area contributed by atoms with Crippen LogP contribution in [0.3, 0.4) is 0 Å². The van der Waals surface area contributed by atoms with E-state index in [4.69, 9.17) is 21.5 Å². The number of hydrogen-bond donors (Lipinski definition) is 3. The van der Waals surface area contributed by atoms with Crippen molar-refractivity contribution in [2.75, 3.05) is 38.8 Å². The summed E-state index contributed by atoms with van der Waals surface area (Å²) in [5.74, 6) is -0.0414. The van der Waals surface area contributed by atoms with Crippen LogP contribution in [0.15, 0.2) is 12.1 Å². The number of halogens is 1. The van der Waals surface area contributed by atoms with E-state index in [0.717, 1.165) is 19.6 Å². The third-order valence-corrected chi connectivity index (χ3v) is 3.45. The van der Waals surface area contributed by atoms with Crippen LogP contribution in [-0.2, 0) is 0 Å². The SMILES string of the molecule is CCN(CC)CCNC(=O)c1cc(Cl)cc(NO)c1OC. The van der Waals surface area contributed by atoms with Gasteiger partial charge < -0.3 is 15.0 Å². The minimum absolute atomic E-state index is 0.249. The van der Waals surface area contributed by atoms with Crippen molar-refractivity contribution in [2.24, 2.45) is 0 Å². The first-order valence-corrected chi connectivity index (χ1v) is 7.23. The summed E-state index contributed by atoms with van der Waals surface area (Å²) in [6.45, 7) is 7.32. The Morgan fingerprint density at radius 1 is 1.38 bits per heavy atom. The Morgan fingerprint density at radius 3 is 2.57 bits per heavy atom. The Bertz CT molecular complexity index is 479. The van der Waals surface area contributed by atoms with Crippen molar-refractivity contribution < 1.29 is 14.7 Å². The molecule has 6 nitrogen and oxygen atoms in total. The fraction of sp³-hybridized carbons (Fsp3) is 0.500. The Labute approximate surface area is 130 Å². The average molecular weight is 316 g/mol. The maximum absolute atomic E-state index is 12.2. The van der Waals surface area contributed by atoms with E-state index in [0.29, 0.717) is 11.6 Å². The van der Waals surface area contributed by atoms with Gasteiger partial charge in [-0.2, -0.15) is 0 Å². The molecule has 0 aromatic heterocycles. The van der Waals surface area contributed by atoms with Gasteiger partial charge >= 0.3 is 0 Å². The van der Waals surface area contributed by atoms with Crippen LogP contribution in [0.25, 0.3) is 0 Å². The molecule has 0 saturated carbocycles. The van der Waals surface area contributed by atoms with Crippen molar-refractivity contribution in [3.05, 3.63) is 22.7 Å². The molecule has 0 unspecified atom stereocenters. The summed E-state index contributed by atoms with van der Waals surface area (Å²) in [7, 11) is 1.43. The average Bonchev–Trinajstić information content (AvgIpc) is 2.50. The zero-order valence-corrected chi connectivity index (χ0v) is 13.3. The second kappa shape index (κ2) is 8.71. The second-order valence-electron chi connectivity index (χ2n) is 4.43. The lowest BCUT2D eigenvalue weighted by Crippen LogP contribution is -2.35. The molecule has 0 atom stereocenters. The number of likely N-dealkylation sites (N-methyl/N-ethyl adjacent to an activating group) is 1. The molecule has 1 amide bonds. The molecular formula is C14H22ClN3O3. The summed E-state index contributed by atoms with van der Waals surface area (Å²) >= 11 is 5.94. The van der Waals surface area contributed by atoms with Crippen molar-refractivity contribution in [3.8, 4) is 5.75 Å². The van der Waals surface area contributed by atoms with Gasteiger partial charge in [0, 0.05) is 18.1 Å². The molecule has 1 aromatic rings. The number of rotatable bonds is 8. The summed E-state index contributed by atoms with van der Waals surface area (Å²) in [5, 5.41) is 12.2. The highest BCUT2D eigenvalue weighted by atomic mass is 35.5.